The molecule has 1 atom stereocenters. The molecular formula is C17H25ClN2O3S. The van der Waals surface area contributed by atoms with Crippen molar-refractivity contribution in [3.05, 3.63) is 34.9 Å². The number of sulfonamides is 1. The Bertz CT molecular complexity index is 653. The van der Waals surface area contributed by atoms with Crippen molar-refractivity contribution in [3.8, 4) is 0 Å². The van der Waals surface area contributed by atoms with Crippen LogP contribution in [0.1, 0.15) is 38.7 Å². The van der Waals surface area contributed by atoms with Crippen molar-refractivity contribution >= 4 is 27.5 Å². The van der Waals surface area contributed by atoms with Gasteiger partial charge in [-0.2, -0.15) is 0 Å². The van der Waals surface area contributed by atoms with Gasteiger partial charge in [0.05, 0.1) is 5.75 Å². The van der Waals surface area contributed by atoms with Crippen LogP contribution in [0.15, 0.2) is 24.3 Å². The van der Waals surface area contributed by atoms with Gasteiger partial charge >= 0.3 is 0 Å². The van der Waals surface area contributed by atoms with Crippen molar-refractivity contribution in [2.24, 2.45) is 5.92 Å². The molecule has 1 aromatic rings. The number of nitrogens with zero attached hydrogens (tertiary/aromatic N) is 1. The Morgan fingerprint density at radius 1 is 1.21 bits per heavy atom. The third-order valence-electron chi connectivity index (χ3n) is 4.01. The number of rotatable bonds is 7. The Labute approximate surface area is 149 Å². The molecule has 0 saturated carbocycles. The maximum Gasteiger partial charge on any atom is 0.240 e. The Morgan fingerprint density at radius 3 is 2.33 bits per heavy atom. The second-order valence-electron chi connectivity index (χ2n) is 6.72. The number of carbonyl (C=O) groups excluding carboxylic acids is 1. The van der Waals surface area contributed by atoms with Crippen LogP contribution in [0.3, 0.4) is 0 Å². The molecule has 0 spiro atoms. The second kappa shape index (κ2) is 8.32. The second-order valence-corrected chi connectivity index (χ2v) is 8.91. The van der Waals surface area contributed by atoms with Crippen molar-refractivity contribution < 1.29 is 13.2 Å². The summed E-state index contributed by atoms with van der Waals surface area (Å²) in [6.45, 7) is 5.40. The molecule has 0 unspecified atom stereocenters. The van der Waals surface area contributed by atoms with E-state index in [0.29, 0.717) is 30.1 Å². The predicted octanol–water partition coefficient (Wildman–Crippen LogP) is 2.80. The van der Waals surface area contributed by atoms with Gasteiger partial charge in [-0.3, -0.25) is 4.79 Å². The van der Waals surface area contributed by atoms with E-state index in [9.17, 15) is 13.2 Å². The minimum atomic E-state index is -3.61. The summed E-state index contributed by atoms with van der Waals surface area (Å²) >= 11 is 5.82. The molecule has 0 aromatic heterocycles. The van der Waals surface area contributed by atoms with E-state index >= 15 is 0 Å². The Balaban J connectivity index is 2.08. The summed E-state index contributed by atoms with van der Waals surface area (Å²) in [5.41, 5.74) is 0.642. The van der Waals surface area contributed by atoms with Crippen LogP contribution in [0.2, 0.25) is 5.02 Å². The number of likely N-dealkylation sites (tertiary alicyclic amines) is 1. The van der Waals surface area contributed by atoms with Crippen molar-refractivity contribution in [2.75, 3.05) is 13.1 Å². The number of hydrogen-bond donors (Lipinski definition) is 1. The number of benzene rings is 1. The zero-order valence-corrected chi connectivity index (χ0v) is 15.7. The Kier molecular flexibility index (Phi) is 6.66. The summed E-state index contributed by atoms with van der Waals surface area (Å²) in [5, 5.41) is 0.561. The molecule has 0 bridgehead atoms. The highest BCUT2D eigenvalue weighted by atomic mass is 35.5. The van der Waals surface area contributed by atoms with Gasteiger partial charge in [0.25, 0.3) is 0 Å². The van der Waals surface area contributed by atoms with Gasteiger partial charge in [0.15, 0.2) is 0 Å². The average molecular weight is 373 g/mol. The molecule has 1 heterocycles. The fraction of sp³-hybridized carbons (Fsp3) is 0.588. The molecule has 1 aromatic carbocycles. The summed E-state index contributed by atoms with van der Waals surface area (Å²) in [6, 6.07) is 5.99. The molecule has 1 aliphatic heterocycles. The lowest BCUT2D eigenvalue weighted by Gasteiger charge is -2.25. The Morgan fingerprint density at radius 2 is 1.79 bits per heavy atom. The van der Waals surface area contributed by atoms with E-state index in [1.54, 1.807) is 29.2 Å². The molecule has 1 N–H and O–H groups in total. The third kappa shape index (κ3) is 5.76. The van der Waals surface area contributed by atoms with Gasteiger partial charge in [-0.05, 0) is 42.9 Å². The Hall–Kier alpha value is -1.11. The monoisotopic (exact) mass is 372 g/mol. The van der Waals surface area contributed by atoms with Crippen molar-refractivity contribution in [3.63, 3.8) is 0 Å². The molecule has 5 nitrogen and oxygen atoms in total. The lowest BCUT2D eigenvalue weighted by molar-refractivity contribution is -0.132. The maximum atomic E-state index is 12.6. The highest BCUT2D eigenvalue weighted by Gasteiger charge is 2.30. The van der Waals surface area contributed by atoms with Gasteiger partial charge in [0.1, 0.15) is 6.04 Å². The molecule has 2 rings (SSSR count). The number of carbonyl (C=O) groups is 1. The SMILES string of the molecule is CC(C)C[C@H](NS(=O)(=O)Cc1ccc(Cl)cc1)C(=O)N1CCCC1. The molecule has 7 heteroatoms. The van der Waals surface area contributed by atoms with Crippen LogP contribution >= 0.6 is 11.6 Å². The predicted molar refractivity (Wildman–Crippen MR) is 96.3 cm³/mol. The van der Waals surface area contributed by atoms with E-state index in [1.807, 2.05) is 13.8 Å². The molecule has 0 radical (unpaired) electrons. The fourth-order valence-electron chi connectivity index (χ4n) is 2.89. The summed E-state index contributed by atoms with van der Waals surface area (Å²) in [5.74, 6) is -0.0489. The zero-order valence-electron chi connectivity index (χ0n) is 14.2. The molecule has 1 amide bonds. The molecule has 24 heavy (non-hydrogen) atoms. The summed E-state index contributed by atoms with van der Waals surface area (Å²) in [4.78, 5) is 14.4. The largest absolute Gasteiger partial charge is 0.341 e. The zero-order chi connectivity index (χ0) is 17.7. The summed E-state index contributed by atoms with van der Waals surface area (Å²) < 4.78 is 27.6. The van der Waals surface area contributed by atoms with Gasteiger partial charge in [0.2, 0.25) is 15.9 Å². The highest BCUT2D eigenvalue weighted by molar-refractivity contribution is 7.88. The van der Waals surface area contributed by atoms with Crippen LogP contribution in [-0.2, 0) is 20.6 Å². The van der Waals surface area contributed by atoms with Crippen LogP contribution in [0.4, 0.5) is 0 Å². The first-order chi connectivity index (χ1) is 11.3. The van der Waals surface area contributed by atoms with E-state index in [-0.39, 0.29) is 17.6 Å². The fourth-order valence-corrected chi connectivity index (χ4v) is 4.36. The van der Waals surface area contributed by atoms with Crippen LogP contribution in [0.5, 0.6) is 0 Å². The quantitative estimate of drug-likeness (QED) is 0.800. The normalized spacial score (nSPS) is 16.6. The first kappa shape index (κ1) is 19.2. The molecule has 0 aliphatic carbocycles. The van der Waals surface area contributed by atoms with E-state index in [0.717, 1.165) is 12.8 Å². The average Bonchev–Trinajstić information content (AvgIpc) is 3.01. The minimum Gasteiger partial charge on any atom is -0.341 e. The van der Waals surface area contributed by atoms with E-state index in [2.05, 4.69) is 4.72 Å². The van der Waals surface area contributed by atoms with Gasteiger partial charge in [-0.15, -0.1) is 0 Å². The molecule has 1 fully saturated rings. The van der Waals surface area contributed by atoms with Crippen LogP contribution in [0.25, 0.3) is 0 Å². The summed E-state index contributed by atoms with van der Waals surface area (Å²) in [6.07, 6.45) is 2.46. The topological polar surface area (TPSA) is 66.5 Å². The highest BCUT2D eigenvalue weighted by Crippen LogP contribution is 2.16. The standard InChI is InChI=1S/C17H25ClN2O3S/c1-13(2)11-16(17(21)20-9-3-4-10-20)19-24(22,23)12-14-5-7-15(18)8-6-14/h5-8,13,16,19H,3-4,9-12H2,1-2H3/t16-/m0/s1. The first-order valence-electron chi connectivity index (χ1n) is 8.30. The van der Waals surface area contributed by atoms with Crippen LogP contribution < -0.4 is 4.72 Å². The lowest BCUT2D eigenvalue weighted by atomic mass is 10.0. The molecule has 1 aliphatic rings. The summed E-state index contributed by atoms with van der Waals surface area (Å²) in [7, 11) is -3.61. The van der Waals surface area contributed by atoms with E-state index < -0.39 is 16.1 Å². The van der Waals surface area contributed by atoms with Crippen LogP contribution in [-0.4, -0.2) is 38.4 Å². The number of amides is 1. The molecular weight excluding hydrogens is 348 g/mol. The van der Waals surface area contributed by atoms with Gasteiger partial charge < -0.3 is 4.90 Å². The number of nitrogens with one attached hydrogen (secondary N) is 1. The van der Waals surface area contributed by atoms with Crippen molar-refractivity contribution in [2.45, 2.75) is 44.9 Å². The minimum absolute atomic E-state index is 0.110. The van der Waals surface area contributed by atoms with Gasteiger partial charge in [-0.1, -0.05) is 37.6 Å². The smallest absolute Gasteiger partial charge is 0.240 e. The van der Waals surface area contributed by atoms with E-state index in [4.69, 9.17) is 11.6 Å². The maximum absolute atomic E-state index is 12.6. The van der Waals surface area contributed by atoms with E-state index in [1.165, 1.54) is 0 Å². The molecule has 1 saturated heterocycles. The first-order valence-corrected chi connectivity index (χ1v) is 10.3. The number of hydrogen-bond acceptors (Lipinski definition) is 3. The van der Waals surface area contributed by atoms with Gasteiger partial charge in [-0.25, -0.2) is 13.1 Å². The van der Waals surface area contributed by atoms with Crippen molar-refractivity contribution in [1.82, 2.24) is 9.62 Å². The van der Waals surface area contributed by atoms with Gasteiger partial charge in [0, 0.05) is 18.1 Å². The third-order valence-corrected chi connectivity index (χ3v) is 5.62. The van der Waals surface area contributed by atoms with Crippen molar-refractivity contribution in [1.29, 1.82) is 0 Å². The van der Waals surface area contributed by atoms with Crippen LogP contribution in [0, 0.1) is 5.92 Å². The lowest BCUT2D eigenvalue weighted by Crippen LogP contribution is -2.48. The number of halogens is 1. The molecule has 134 valence electrons.